The summed E-state index contributed by atoms with van der Waals surface area (Å²) >= 11 is 2.18. The number of benzene rings is 1. The molecule has 118 valence electrons. The molecule has 23 heavy (non-hydrogen) atoms. The lowest BCUT2D eigenvalue weighted by Crippen LogP contribution is -2.21. The van der Waals surface area contributed by atoms with Gasteiger partial charge < -0.3 is 5.32 Å². The van der Waals surface area contributed by atoms with Gasteiger partial charge in [-0.3, -0.25) is 14.6 Å². The van der Waals surface area contributed by atoms with Crippen LogP contribution >= 0.6 is 22.6 Å². The molecule has 2 N–H and O–H groups in total. The molecule has 2 aromatic rings. The Hall–Kier alpha value is -2.29. The topological polar surface area (TPSA) is 83.5 Å². The third-order valence-corrected chi connectivity index (χ3v) is 3.47. The van der Waals surface area contributed by atoms with Gasteiger partial charge in [0.25, 0.3) is 5.91 Å². The van der Waals surface area contributed by atoms with Crippen molar-refractivity contribution in [3.63, 3.8) is 0 Å². The monoisotopic (exact) mass is 422 g/mol. The number of pyridine rings is 1. The summed E-state index contributed by atoms with van der Waals surface area (Å²) < 4.78 is 1.04. The van der Waals surface area contributed by atoms with Crippen LogP contribution in [0.25, 0.3) is 0 Å². The Kier molecular flexibility index (Phi) is 6.21. The molecule has 0 saturated heterocycles. The molecule has 0 unspecified atom stereocenters. The summed E-state index contributed by atoms with van der Waals surface area (Å²) in [6, 6.07) is 10.8. The van der Waals surface area contributed by atoms with E-state index in [0.29, 0.717) is 11.3 Å². The molecule has 0 aliphatic heterocycles. The summed E-state index contributed by atoms with van der Waals surface area (Å²) in [5.41, 5.74) is 4.05. The molecular formula is C16H15IN4O2. The third-order valence-electron chi connectivity index (χ3n) is 2.80. The molecule has 0 atom stereocenters. The first kappa shape index (κ1) is 17.1. The highest BCUT2D eigenvalue weighted by Gasteiger charge is 2.07. The van der Waals surface area contributed by atoms with Gasteiger partial charge in [-0.05, 0) is 59.8 Å². The molecule has 2 amide bonds. The predicted molar refractivity (Wildman–Crippen MR) is 97.2 cm³/mol. The maximum absolute atomic E-state index is 11.9. The lowest BCUT2D eigenvalue weighted by atomic mass is 10.2. The van der Waals surface area contributed by atoms with E-state index in [1.807, 2.05) is 24.3 Å². The van der Waals surface area contributed by atoms with Crippen LogP contribution in [0.1, 0.15) is 23.7 Å². The SMILES string of the molecule is C/C(CC(=O)Nc1cccc(I)c1)=N\NC(=O)c1cccnc1. The van der Waals surface area contributed by atoms with Crippen LogP contribution in [0.15, 0.2) is 53.9 Å². The highest BCUT2D eigenvalue weighted by molar-refractivity contribution is 14.1. The van der Waals surface area contributed by atoms with Gasteiger partial charge >= 0.3 is 0 Å². The first-order chi connectivity index (χ1) is 11.0. The Labute approximate surface area is 147 Å². The molecule has 1 aromatic carbocycles. The van der Waals surface area contributed by atoms with Crippen molar-refractivity contribution in [2.24, 2.45) is 5.10 Å². The molecule has 6 nitrogen and oxygen atoms in total. The number of halogens is 1. The van der Waals surface area contributed by atoms with Gasteiger partial charge in [0, 0.05) is 27.4 Å². The molecule has 0 bridgehead atoms. The Morgan fingerprint density at radius 3 is 2.78 bits per heavy atom. The minimum Gasteiger partial charge on any atom is -0.326 e. The van der Waals surface area contributed by atoms with Gasteiger partial charge in [-0.15, -0.1) is 0 Å². The zero-order valence-electron chi connectivity index (χ0n) is 12.4. The Balaban J connectivity index is 1.87. The number of carbonyl (C=O) groups is 2. The second kappa shape index (κ2) is 8.37. The number of nitrogens with one attached hydrogen (secondary N) is 2. The van der Waals surface area contributed by atoms with Crippen molar-refractivity contribution < 1.29 is 9.59 Å². The van der Waals surface area contributed by atoms with E-state index < -0.39 is 0 Å². The van der Waals surface area contributed by atoms with Gasteiger partial charge in [0.1, 0.15) is 0 Å². The normalized spacial score (nSPS) is 11.0. The van der Waals surface area contributed by atoms with Crippen LogP contribution in [0.4, 0.5) is 5.69 Å². The number of nitrogens with zero attached hydrogens (tertiary/aromatic N) is 2. The Bertz CT molecular complexity index is 732. The molecule has 0 radical (unpaired) electrons. The molecule has 0 aliphatic carbocycles. The lowest BCUT2D eigenvalue weighted by Gasteiger charge is -2.06. The molecular weight excluding hydrogens is 407 g/mol. The zero-order valence-corrected chi connectivity index (χ0v) is 14.6. The van der Waals surface area contributed by atoms with E-state index in [-0.39, 0.29) is 18.2 Å². The second-order valence-electron chi connectivity index (χ2n) is 4.77. The van der Waals surface area contributed by atoms with E-state index >= 15 is 0 Å². The molecule has 2 rings (SSSR count). The molecule has 0 spiro atoms. The van der Waals surface area contributed by atoms with Crippen molar-refractivity contribution in [1.29, 1.82) is 0 Å². The van der Waals surface area contributed by atoms with Crippen LogP contribution in [0.3, 0.4) is 0 Å². The van der Waals surface area contributed by atoms with E-state index in [1.165, 1.54) is 6.20 Å². The third kappa shape index (κ3) is 5.78. The second-order valence-corrected chi connectivity index (χ2v) is 6.01. The van der Waals surface area contributed by atoms with E-state index in [0.717, 1.165) is 9.26 Å². The van der Waals surface area contributed by atoms with Crippen molar-refractivity contribution in [3.05, 3.63) is 57.9 Å². The van der Waals surface area contributed by atoms with Gasteiger partial charge in [-0.25, -0.2) is 5.43 Å². The number of aromatic nitrogens is 1. The number of carbonyl (C=O) groups excluding carboxylic acids is 2. The average Bonchev–Trinajstić information content (AvgIpc) is 2.53. The van der Waals surface area contributed by atoms with E-state index in [9.17, 15) is 9.59 Å². The van der Waals surface area contributed by atoms with Crippen LogP contribution in [0.5, 0.6) is 0 Å². The zero-order chi connectivity index (χ0) is 16.7. The Morgan fingerprint density at radius 1 is 1.26 bits per heavy atom. The lowest BCUT2D eigenvalue weighted by molar-refractivity contribution is -0.115. The summed E-state index contributed by atoms with van der Waals surface area (Å²) in [5.74, 6) is -0.556. The van der Waals surface area contributed by atoms with Crippen molar-refractivity contribution in [2.75, 3.05) is 5.32 Å². The van der Waals surface area contributed by atoms with Gasteiger partial charge in [0.05, 0.1) is 12.0 Å². The maximum Gasteiger partial charge on any atom is 0.272 e. The number of amides is 2. The van der Waals surface area contributed by atoms with Gasteiger partial charge in [0.2, 0.25) is 5.91 Å². The van der Waals surface area contributed by atoms with Gasteiger partial charge in [-0.2, -0.15) is 5.10 Å². The standard InChI is InChI=1S/C16H15IN4O2/c1-11(20-21-16(23)12-4-3-7-18-10-12)8-15(22)19-14-6-2-5-13(17)9-14/h2-7,9-10H,8H2,1H3,(H,19,22)(H,21,23)/b20-11+. The smallest absolute Gasteiger partial charge is 0.272 e. The molecule has 0 fully saturated rings. The molecule has 1 aromatic heterocycles. The van der Waals surface area contributed by atoms with Crippen LogP contribution in [0.2, 0.25) is 0 Å². The highest BCUT2D eigenvalue weighted by Crippen LogP contribution is 2.12. The van der Waals surface area contributed by atoms with Crippen molar-refractivity contribution in [3.8, 4) is 0 Å². The van der Waals surface area contributed by atoms with Crippen LogP contribution in [-0.4, -0.2) is 22.5 Å². The maximum atomic E-state index is 11.9. The summed E-state index contributed by atoms with van der Waals surface area (Å²) in [7, 11) is 0. The molecule has 7 heteroatoms. The largest absolute Gasteiger partial charge is 0.326 e. The Morgan fingerprint density at radius 2 is 2.09 bits per heavy atom. The van der Waals surface area contributed by atoms with Gasteiger partial charge in [0.15, 0.2) is 0 Å². The summed E-state index contributed by atoms with van der Waals surface area (Å²) in [6.07, 6.45) is 3.13. The summed E-state index contributed by atoms with van der Waals surface area (Å²) in [6.45, 7) is 1.68. The number of hydrazone groups is 1. The number of hydrogen-bond donors (Lipinski definition) is 2. The number of rotatable bonds is 5. The van der Waals surface area contributed by atoms with E-state index in [2.05, 4.69) is 43.4 Å². The number of hydrogen-bond acceptors (Lipinski definition) is 4. The van der Waals surface area contributed by atoms with Gasteiger partial charge in [-0.1, -0.05) is 6.07 Å². The first-order valence-corrected chi connectivity index (χ1v) is 7.91. The highest BCUT2D eigenvalue weighted by atomic mass is 127. The average molecular weight is 422 g/mol. The predicted octanol–water partition coefficient (Wildman–Crippen LogP) is 2.82. The fraction of sp³-hybridized carbons (Fsp3) is 0.125. The van der Waals surface area contributed by atoms with E-state index in [4.69, 9.17) is 0 Å². The van der Waals surface area contributed by atoms with Crippen molar-refractivity contribution in [2.45, 2.75) is 13.3 Å². The van der Waals surface area contributed by atoms with Crippen LogP contribution in [0, 0.1) is 3.57 Å². The van der Waals surface area contributed by atoms with Crippen molar-refractivity contribution in [1.82, 2.24) is 10.4 Å². The molecule has 1 heterocycles. The summed E-state index contributed by atoms with van der Waals surface area (Å²) in [5, 5.41) is 6.71. The fourth-order valence-electron chi connectivity index (χ4n) is 1.75. The number of anilines is 1. The minimum atomic E-state index is -0.365. The molecule has 0 saturated carbocycles. The summed E-state index contributed by atoms with van der Waals surface area (Å²) in [4.78, 5) is 27.6. The molecule has 0 aliphatic rings. The van der Waals surface area contributed by atoms with Crippen LogP contribution in [-0.2, 0) is 4.79 Å². The minimum absolute atomic E-state index is 0.0960. The van der Waals surface area contributed by atoms with E-state index in [1.54, 1.807) is 25.3 Å². The van der Waals surface area contributed by atoms with Crippen LogP contribution < -0.4 is 10.7 Å². The fourth-order valence-corrected chi connectivity index (χ4v) is 2.29. The quantitative estimate of drug-likeness (QED) is 0.442. The first-order valence-electron chi connectivity index (χ1n) is 6.83. The van der Waals surface area contributed by atoms with Crippen molar-refractivity contribution >= 4 is 45.8 Å².